The minimum atomic E-state index is -0.336. The summed E-state index contributed by atoms with van der Waals surface area (Å²) in [5.41, 5.74) is 1.77. The van der Waals surface area contributed by atoms with Gasteiger partial charge in [-0.1, -0.05) is 12.1 Å². The second kappa shape index (κ2) is 6.39. The number of hydrogen-bond donors (Lipinski definition) is 1. The number of nitrogens with zero attached hydrogens (tertiary/aromatic N) is 1. The number of fused-ring (bicyclic) bond motifs is 1. The Bertz CT molecular complexity index is 724. The molecule has 2 N–H and O–H groups in total. The first-order valence-corrected chi connectivity index (χ1v) is 7.34. The van der Waals surface area contributed by atoms with Crippen molar-refractivity contribution in [2.45, 2.75) is 13.0 Å². The molecule has 0 saturated carbocycles. The predicted octanol–water partition coefficient (Wildman–Crippen LogP) is 0.803. The Morgan fingerprint density at radius 1 is 1.00 bits per heavy atom. The van der Waals surface area contributed by atoms with E-state index in [9.17, 15) is 14.4 Å². The molecular weight excluding hydrogens is 294 g/mol. The molecule has 2 heterocycles. The summed E-state index contributed by atoms with van der Waals surface area (Å²) >= 11 is 0. The molecule has 0 bridgehead atoms. The number of carbonyl (C=O) groups is 3. The van der Waals surface area contributed by atoms with Gasteiger partial charge in [-0.3, -0.25) is 19.3 Å². The topological polar surface area (TPSA) is 80.6 Å². The van der Waals surface area contributed by atoms with Crippen LogP contribution in [0.4, 0.5) is 0 Å². The molecule has 3 amide bonds. The van der Waals surface area contributed by atoms with E-state index < -0.39 is 0 Å². The van der Waals surface area contributed by atoms with Gasteiger partial charge in [0.25, 0.3) is 11.8 Å². The quantitative estimate of drug-likeness (QED) is 0.830. The number of carbonyl (C=O) groups excluding carboxylic acids is 3. The van der Waals surface area contributed by atoms with Crippen LogP contribution in [0.5, 0.6) is 0 Å². The number of benzene rings is 1. The Hall–Kier alpha value is -3.02. The summed E-state index contributed by atoms with van der Waals surface area (Å²) in [6.45, 7) is 0.496. The number of nitrogens with one attached hydrogen (secondary N) is 2. The lowest BCUT2D eigenvalue weighted by Crippen LogP contribution is -2.34. The SMILES string of the molecule is O=C(CCN1C(=O)c2ccccc2C1=O)NCc1cc[nH+]cc1. The van der Waals surface area contributed by atoms with Crippen molar-refractivity contribution < 1.29 is 19.4 Å². The first-order chi connectivity index (χ1) is 11.2. The number of amides is 3. The Balaban J connectivity index is 1.54. The number of pyridine rings is 1. The zero-order valence-electron chi connectivity index (χ0n) is 12.4. The molecule has 0 saturated heterocycles. The predicted molar refractivity (Wildman–Crippen MR) is 81.3 cm³/mol. The molecule has 0 spiro atoms. The van der Waals surface area contributed by atoms with E-state index in [1.54, 1.807) is 36.7 Å². The average Bonchev–Trinajstić information content (AvgIpc) is 2.83. The molecule has 0 fully saturated rings. The van der Waals surface area contributed by atoms with Gasteiger partial charge in [0.05, 0.1) is 11.1 Å². The highest BCUT2D eigenvalue weighted by atomic mass is 16.2. The molecule has 1 aromatic heterocycles. The first-order valence-electron chi connectivity index (χ1n) is 7.34. The highest BCUT2D eigenvalue weighted by Gasteiger charge is 2.34. The van der Waals surface area contributed by atoms with Crippen molar-refractivity contribution in [2.24, 2.45) is 0 Å². The Morgan fingerprint density at radius 2 is 1.61 bits per heavy atom. The summed E-state index contributed by atoms with van der Waals surface area (Å²) in [6.07, 6.45) is 3.64. The molecule has 0 aliphatic carbocycles. The fraction of sp³-hybridized carbons (Fsp3) is 0.176. The molecule has 3 rings (SSSR count). The van der Waals surface area contributed by atoms with Crippen LogP contribution in [0, 0.1) is 0 Å². The third-order valence-corrected chi connectivity index (χ3v) is 3.72. The van der Waals surface area contributed by atoms with E-state index in [1.165, 1.54) is 0 Å². The van der Waals surface area contributed by atoms with Gasteiger partial charge in [0.15, 0.2) is 12.4 Å². The van der Waals surface area contributed by atoms with Gasteiger partial charge >= 0.3 is 0 Å². The van der Waals surface area contributed by atoms with Gasteiger partial charge in [-0.25, -0.2) is 4.98 Å². The molecule has 0 unspecified atom stereocenters. The fourth-order valence-electron chi connectivity index (χ4n) is 2.48. The second-order valence-electron chi connectivity index (χ2n) is 5.24. The van der Waals surface area contributed by atoms with Crippen molar-refractivity contribution in [1.82, 2.24) is 10.2 Å². The number of aromatic nitrogens is 1. The van der Waals surface area contributed by atoms with E-state index >= 15 is 0 Å². The average molecular weight is 310 g/mol. The molecule has 6 nitrogen and oxygen atoms in total. The number of H-pyrrole nitrogens is 1. The number of imide groups is 1. The van der Waals surface area contributed by atoms with Crippen LogP contribution in [0.15, 0.2) is 48.8 Å². The van der Waals surface area contributed by atoms with Crippen molar-refractivity contribution in [2.75, 3.05) is 6.54 Å². The van der Waals surface area contributed by atoms with Gasteiger partial charge in [-0.05, 0) is 17.7 Å². The fourth-order valence-corrected chi connectivity index (χ4v) is 2.48. The summed E-state index contributed by atoms with van der Waals surface area (Å²) in [5.74, 6) is -0.872. The van der Waals surface area contributed by atoms with Gasteiger partial charge < -0.3 is 5.32 Å². The maximum Gasteiger partial charge on any atom is 0.261 e. The highest BCUT2D eigenvalue weighted by molar-refractivity contribution is 6.21. The molecule has 23 heavy (non-hydrogen) atoms. The monoisotopic (exact) mass is 310 g/mol. The lowest BCUT2D eigenvalue weighted by Gasteiger charge is -2.13. The Labute approximate surface area is 133 Å². The van der Waals surface area contributed by atoms with Gasteiger partial charge in [0, 0.05) is 31.6 Å². The summed E-state index contributed by atoms with van der Waals surface area (Å²) in [6, 6.07) is 10.4. The van der Waals surface area contributed by atoms with Crippen LogP contribution in [0.1, 0.15) is 32.7 Å². The van der Waals surface area contributed by atoms with Crippen LogP contribution in [-0.4, -0.2) is 29.2 Å². The lowest BCUT2D eigenvalue weighted by atomic mass is 10.1. The molecule has 0 radical (unpaired) electrons. The molecule has 116 valence electrons. The van der Waals surface area contributed by atoms with E-state index in [0.717, 1.165) is 10.5 Å². The van der Waals surface area contributed by atoms with E-state index in [1.807, 2.05) is 12.1 Å². The van der Waals surface area contributed by atoms with Crippen LogP contribution in [0.2, 0.25) is 0 Å². The molecule has 1 aliphatic heterocycles. The summed E-state index contributed by atoms with van der Waals surface area (Å²) in [4.78, 5) is 40.3. The van der Waals surface area contributed by atoms with Gasteiger partial charge in [-0.2, -0.15) is 0 Å². The molecule has 1 aromatic carbocycles. The minimum Gasteiger partial charge on any atom is -0.352 e. The van der Waals surface area contributed by atoms with Crippen molar-refractivity contribution in [3.63, 3.8) is 0 Å². The van der Waals surface area contributed by atoms with E-state index in [4.69, 9.17) is 0 Å². The molecule has 6 heteroatoms. The third kappa shape index (κ3) is 3.11. The van der Waals surface area contributed by atoms with E-state index in [2.05, 4.69) is 10.3 Å². The van der Waals surface area contributed by atoms with E-state index in [0.29, 0.717) is 17.7 Å². The normalized spacial score (nSPS) is 13.1. The minimum absolute atomic E-state index is 0.0841. The van der Waals surface area contributed by atoms with E-state index in [-0.39, 0.29) is 30.7 Å². The summed E-state index contributed by atoms with van der Waals surface area (Å²) in [5, 5.41) is 2.77. The van der Waals surface area contributed by atoms with Gasteiger partial charge in [0.1, 0.15) is 0 Å². The summed E-state index contributed by atoms with van der Waals surface area (Å²) < 4.78 is 0. The largest absolute Gasteiger partial charge is 0.352 e. The van der Waals surface area contributed by atoms with Crippen LogP contribution < -0.4 is 10.3 Å². The lowest BCUT2D eigenvalue weighted by molar-refractivity contribution is -0.378. The van der Waals surface area contributed by atoms with Crippen LogP contribution in [-0.2, 0) is 11.3 Å². The van der Waals surface area contributed by atoms with Gasteiger partial charge in [0.2, 0.25) is 5.91 Å². The van der Waals surface area contributed by atoms with Crippen molar-refractivity contribution in [3.05, 3.63) is 65.5 Å². The smallest absolute Gasteiger partial charge is 0.261 e. The van der Waals surface area contributed by atoms with Gasteiger partial charge in [-0.15, -0.1) is 0 Å². The molecular formula is C17H16N3O3+. The maximum atomic E-state index is 12.2. The first kappa shape index (κ1) is 14.9. The van der Waals surface area contributed by atoms with Crippen molar-refractivity contribution in [3.8, 4) is 0 Å². The van der Waals surface area contributed by atoms with Crippen LogP contribution in [0.25, 0.3) is 0 Å². The number of rotatable bonds is 5. The Morgan fingerprint density at radius 3 is 2.22 bits per heavy atom. The standard InChI is InChI=1S/C17H15N3O3/c21-15(19-11-12-5-8-18-9-6-12)7-10-20-16(22)13-3-1-2-4-14(13)17(20)23/h1-6,8-9H,7,10-11H2,(H,19,21)/p+1. The second-order valence-corrected chi connectivity index (χ2v) is 5.24. The van der Waals surface area contributed by atoms with Crippen LogP contribution in [0.3, 0.4) is 0 Å². The molecule has 2 aromatic rings. The third-order valence-electron chi connectivity index (χ3n) is 3.72. The zero-order chi connectivity index (χ0) is 16.2. The maximum absolute atomic E-state index is 12.2. The van der Waals surface area contributed by atoms with Crippen molar-refractivity contribution in [1.29, 1.82) is 0 Å². The molecule has 0 atom stereocenters. The number of hydrogen-bond acceptors (Lipinski definition) is 3. The highest BCUT2D eigenvalue weighted by Crippen LogP contribution is 2.22. The summed E-state index contributed by atoms with van der Waals surface area (Å²) in [7, 11) is 0. The van der Waals surface area contributed by atoms with Crippen LogP contribution >= 0.6 is 0 Å². The molecule has 1 aliphatic rings. The zero-order valence-corrected chi connectivity index (χ0v) is 12.4. The van der Waals surface area contributed by atoms with Crippen molar-refractivity contribution >= 4 is 17.7 Å². The number of aromatic amines is 1. The Kier molecular flexibility index (Phi) is 4.14.